The zero-order chi connectivity index (χ0) is 20.1. The van der Waals surface area contributed by atoms with E-state index in [1.54, 1.807) is 31.2 Å². The van der Waals surface area contributed by atoms with Crippen molar-refractivity contribution in [3.63, 3.8) is 0 Å². The minimum Gasteiger partial charge on any atom is -0.444 e. The Morgan fingerprint density at radius 2 is 1.71 bits per heavy atom. The van der Waals surface area contributed by atoms with Gasteiger partial charge < -0.3 is 10.1 Å². The molecule has 2 aromatic rings. The maximum absolute atomic E-state index is 12.6. The average molecular weight is 402 g/mol. The second-order valence-corrected chi connectivity index (χ2v) is 8.27. The SMILES string of the molecule is CCNS(=O)(=O)c1ccc(C(=O)O[C@H](C(=O)NC2CC2)c2ccccc2)cc1. The molecule has 0 aromatic heterocycles. The van der Waals surface area contributed by atoms with Gasteiger partial charge >= 0.3 is 5.97 Å². The van der Waals surface area contributed by atoms with Crippen molar-refractivity contribution in [2.24, 2.45) is 0 Å². The van der Waals surface area contributed by atoms with Gasteiger partial charge in [0.15, 0.2) is 0 Å². The highest BCUT2D eigenvalue weighted by molar-refractivity contribution is 7.89. The van der Waals surface area contributed by atoms with Crippen LogP contribution in [0, 0.1) is 0 Å². The van der Waals surface area contributed by atoms with Crippen LogP contribution in [0.15, 0.2) is 59.5 Å². The Balaban J connectivity index is 1.77. The zero-order valence-corrected chi connectivity index (χ0v) is 16.2. The Kier molecular flexibility index (Phi) is 6.11. The fourth-order valence-electron chi connectivity index (χ4n) is 2.62. The van der Waals surface area contributed by atoms with E-state index in [0.717, 1.165) is 12.8 Å². The van der Waals surface area contributed by atoms with Crippen LogP contribution in [0.1, 0.15) is 41.8 Å². The van der Waals surface area contributed by atoms with Gasteiger partial charge in [-0.15, -0.1) is 0 Å². The van der Waals surface area contributed by atoms with E-state index in [2.05, 4.69) is 10.0 Å². The molecule has 1 amide bonds. The highest BCUT2D eigenvalue weighted by Gasteiger charge is 2.31. The fourth-order valence-corrected chi connectivity index (χ4v) is 3.67. The summed E-state index contributed by atoms with van der Waals surface area (Å²) < 4.78 is 31.8. The summed E-state index contributed by atoms with van der Waals surface area (Å²) >= 11 is 0. The maximum atomic E-state index is 12.6. The Morgan fingerprint density at radius 3 is 2.29 bits per heavy atom. The van der Waals surface area contributed by atoms with Crippen LogP contribution in [0.5, 0.6) is 0 Å². The van der Waals surface area contributed by atoms with Crippen LogP contribution in [0.3, 0.4) is 0 Å². The third-order valence-corrected chi connectivity index (χ3v) is 5.79. The monoisotopic (exact) mass is 402 g/mol. The summed E-state index contributed by atoms with van der Waals surface area (Å²) in [5.41, 5.74) is 0.732. The second kappa shape index (κ2) is 8.53. The minimum atomic E-state index is -3.61. The number of hydrogen-bond donors (Lipinski definition) is 2. The van der Waals surface area contributed by atoms with Crippen molar-refractivity contribution >= 4 is 21.9 Å². The third-order valence-electron chi connectivity index (χ3n) is 4.22. The molecular formula is C20H22N2O5S. The van der Waals surface area contributed by atoms with Crippen molar-refractivity contribution in [3.8, 4) is 0 Å². The first-order valence-corrected chi connectivity index (χ1v) is 10.5. The zero-order valence-electron chi connectivity index (χ0n) is 15.4. The molecule has 3 rings (SSSR count). The number of ether oxygens (including phenoxy) is 1. The van der Waals surface area contributed by atoms with Gasteiger partial charge in [0.05, 0.1) is 10.5 Å². The van der Waals surface area contributed by atoms with Gasteiger partial charge in [-0.3, -0.25) is 4.79 Å². The summed E-state index contributed by atoms with van der Waals surface area (Å²) in [5, 5.41) is 2.85. The first-order chi connectivity index (χ1) is 13.4. The fraction of sp³-hybridized carbons (Fsp3) is 0.300. The van der Waals surface area contributed by atoms with Gasteiger partial charge in [-0.25, -0.2) is 17.9 Å². The lowest BCUT2D eigenvalue weighted by Crippen LogP contribution is -2.33. The second-order valence-electron chi connectivity index (χ2n) is 6.50. The average Bonchev–Trinajstić information content (AvgIpc) is 3.50. The molecule has 0 bridgehead atoms. The molecular weight excluding hydrogens is 380 g/mol. The summed E-state index contributed by atoms with van der Waals surface area (Å²) in [4.78, 5) is 25.1. The number of carbonyl (C=O) groups is 2. The Labute approximate surface area is 164 Å². The summed E-state index contributed by atoms with van der Waals surface area (Å²) in [6.45, 7) is 1.95. The molecule has 1 aliphatic carbocycles. The molecule has 1 saturated carbocycles. The van der Waals surface area contributed by atoms with Crippen molar-refractivity contribution in [3.05, 3.63) is 65.7 Å². The molecule has 1 atom stereocenters. The van der Waals surface area contributed by atoms with E-state index >= 15 is 0 Å². The van der Waals surface area contributed by atoms with Crippen LogP contribution in [-0.2, 0) is 19.6 Å². The number of hydrogen-bond acceptors (Lipinski definition) is 5. The molecule has 148 valence electrons. The van der Waals surface area contributed by atoms with Gasteiger partial charge in [-0.1, -0.05) is 37.3 Å². The van der Waals surface area contributed by atoms with Crippen LogP contribution in [0.2, 0.25) is 0 Å². The van der Waals surface area contributed by atoms with Crippen molar-refractivity contribution in [1.82, 2.24) is 10.0 Å². The van der Waals surface area contributed by atoms with Crippen LogP contribution in [0.25, 0.3) is 0 Å². The molecule has 2 aromatic carbocycles. The van der Waals surface area contributed by atoms with Gasteiger partial charge in [0, 0.05) is 18.2 Å². The number of sulfonamides is 1. The molecule has 1 fully saturated rings. The van der Waals surface area contributed by atoms with E-state index in [1.165, 1.54) is 24.3 Å². The van der Waals surface area contributed by atoms with Crippen molar-refractivity contribution < 1.29 is 22.7 Å². The van der Waals surface area contributed by atoms with E-state index in [9.17, 15) is 18.0 Å². The van der Waals surface area contributed by atoms with Crippen LogP contribution < -0.4 is 10.0 Å². The van der Waals surface area contributed by atoms with E-state index < -0.39 is 22.1 Å². The molecule has 0 heterocycles. The number of rotatable bonds is 8. The highest BCUT2D eigenvalue weighted by atomic mass is 32.2. The summed E-state index contributed by atoms with van der Waals surface area (Å²) in [6.07, 6.45) is 0.769. The quantitative estimate of drug-likeness (QED) is 0.659. The van der Waals surface area contributed by atoms with Crippen molar-refractivity contribution in [1.29, 1.82) is 0 Å². The number of amides is 1. The molecule has 2 N–H and O–H groups in total. The van der Waals surface area contributed by atoms with Gasteiger partial charge in [0.1, 0.15) is 0 Å². The Hall–Kier alpha value is -2.71. The standard InChI is InChI=1S/C20H22N2O5S/c1-2-21-28(25,26)17-12-8-15(9-13-17)20(24)27-18(14-6-4-3-5-7-14)19(23)22-16-10-11-16/h3-9,12-13,16,18,21H,2,10-11H2,1H3,(H,22,23)/t18-/m0/s1. The predicted molar refractivity (Wildman–Crippen MR) is 103 cm³/mol. The Morgan fingerprint density at radius 1 is 1.07 bits per heavy atom. The molecule has 0 unspecified atom stereocenters. The molecule has 0 radical (unpaired) electrons. The summed E-state index contributed by atoms with van der Waals surface area (Å²) in [7, 11) is -3.61. The van der Waals surface area contributed by atoms with Gasteiger partial charge in [0.25, 0.3) is 5.91 Å². The molecule has 0 saturated heterocycles. The molecule has 0 aliphatic heterocycles. The van der Waals surface area contributed by atoms with E-state index in [0.29, 0.717) is 5.56 Å². The van der Waals surface area contributed by atoms with Crippen LogP contribution in [0.4, 0.5) is 0 Å². The molecule has 7 nitrogen and oxygen atoms in total. The third kappa shape index (κ3) is 4.96. The molecule has 28 heavy (non-hydrogen) atoms. The number of carbonyl (C=O) groups excluding carboxylic acids is 2. The van der Waals surface area contributed by atoms with Crippen LogP contribution >= 0.6 is 0 Å². The van der Waals surface area contributed by atoms with Gasteiger partial charge in [-0.2, -0.15) is 0 Å². The molecule has 1 aliphatic rings. The van der Waals surface area contributed by atoms with Gasteiger partial charge in [0.2, 0.25) is 16.1 Å². The molecule has 0 spiro atoms. The lowest BCUT2D eigenvalue weighted by atomic mass is 10.1. The van der Waals surface area contributed by atoms with Crippen LogP contribution in [-0.4, -0.2) is 32.9 Å². The Bertz CT molecular complexity index is 938. The minimum absolute atomic E-state index is 0.0528. The summed E-state index contributed by atoms with van der Waals surface area (Å²) in [6, 6.07) is 14.3. The largest absolute Gasteiger partial charge is 0.444 e. The first-order valence-electron chi connectivity index (χ1n) is 9.06. The van der Waals surface area contributed by atoms with Crippen molar-refractivity contribution in [2.75, 3.05) is 6.54 Å². The first kappa shape index (κ1) is 20.0. The topological polar surface area (TPSA) is 102 Å². The van der Waals surface area contributed by atoms with Crippen molar-refractivity contribution in [2.45, 2.75) is 36.8 Å². The lowest BCUT2D eigenvalue weighted by Gasteiger charge is -2.18. The van der Waals surface area contributed by atoms with E-state index in [-0.39, 0.29) is 29.0 Å². The number of nitrogens with one attached hydrogen (secondary N) is 2. The normalized spacial score (nSPS) is 14.9. The van der Waals surface area contributed by atoms with Gasteiger partial charge in [-0.05, 0) is 37.1 Å². The lowest BCUT2D eigenvalue weighted by molar-refractivity contribution is -0.130. The number of esters is 1. The predicted octanol–water partition coefficient (Wildman–Crippen LogP) is 2.16. The smallest absolute Gasteiger partial charge is 0.339 e. The number of benzene rings is 2. The van der Waals surface area contributed by atoms with E-state index in [1.807, 2.05) is 6.07 Å². The summed E-state index contributed by atoms with van der Waals surface area (Å²) in [5.74, 6) is -1.07. The maximum Gasteiger partial charge on any atom is 0.339 e. The highest BCUT2D eigenvalue weighted by Crippen LogP contribution is 2.24. The molecule has 8 heteroatoms. The van der Waals surface area contributed by atoms with E-state index in [4.69, 9.17) is 4.74 Å².